The van der Waals surface area contributed by atoms with Crippen molar-refractivity contribution in [2.45, 2.75) is 109 Å². The highest BCUT2D eigenvalue weighted by Gasteiger charge is 2.25. The first kappa shape index (κ1) is 24.6. The summed E-state index contributed by atoms with van der Waals surface area (Å²) in [6, 6.07) is 17.2. The molecule has 2 heteroatoms. The lowest BCUT2D eigenvalue weighted by Crippen LogP contribution is -2.18. The quantitative estimate of drug-likeness (QED) is 0.350. The second kappa shape index (κ2) is 12.2. The molecule has 32 heavy (non-hydrogen) atoms. The van der Waals surface area contributed by atoms with Gasteiger partial charge in [0.15, 0.2) is 0 Å². The summed E-state index contributed by atoms with van der Waals surface area (Å²) >= 11 is 0. The van der Waals surface area contributed by atoms with Crippen molar-refractivity contribution >= 4 is 5.78 Å². The maximum Gasteiger partial charge on any atom is 0.133 e. The first-order valence-electron chi connectivity index (χ1n) is 12.8. The summed E-state index contributed by atoms with van der Waals surface area (Å²) in [6.07, 6.45) is 12.2. The Balaban J connectivity index is 1.84. The fourth-order valence-corrected chi connectivity index (χ4v) is 4.93. The Kier molecular flexibility index (Phi) is 9.38. The van der Waals surface area contributed by atoms with Crippen LogP contribution in [0.3, 0.4) is 0 Å². The van der Waals surface area contributed by atoms with Gasteiger partial charge in [0, 0.05) is 12.8 Å². The van der Waals surface area contributed by atoms with Crippen LogP contribution in [0.15, 0.2) is 48.5 Å². The van der Waals surface area contributed by atoms with Gasteiger partial charge in [-0.15, -0.1) is 0 Å². The molecule has 0 saturated heterocycles. The molecule has 0 spiro atoms. The maximum absolute atomic E-state index is 12.5. The molecule has 0 heterocycles. The van der Waals surface area contributed by atoms with Crippen LogP contribution in [0.25, 0.3) is 0 Å². The molecule has 0 bridgehead atoms. The third kappa shape index (κ3) is 7.22. The van der Waals surface area contributed by atoms with E-state index in [2.05, 4.69) is 63.2 Å². The summed E-state index contributed by atoms with van der Waals surface area (Å²) in [5.74, 6) is 1.66. The second-order valence-corrected chi connectivity index (χ2v) is 10.3. The lowest BCUT2D eigenvalue weighted by molar-refractivity contribution is -0.119. The Bertz CT molecular complexity index is 837. The van der Waals surface area contributed by atoms with Gasteiger partial charge in [0.2, 0.25) is 0 Å². The van der Waals surface area contributed by atoms with Crippen molar-refractivity contribution in [3.63, 3.8) is 0 Å². The minimum atomic E-state index is 0.119. The van der Waals surface area contributed by atoms with Gasteiger partial charge in [0.25, 0.3) is 0 Å². The number of unbranched alkanes of at least 4 members (excludes halogenated alkanes) is 3. The normalized spacial score (nSPS) is 17.6. The molecular formula is C30H42O2. The molecule has 1 aliphatic carbocycles. The highest BCUT2D eigenvalue weighted by Crippen LogP contribution is 2.39. The van der Waals surface area contributed by atoms with E-state index < -0.39 is 0 Å². The highest BCUT2D eigenvalue weighted by molar-refractivity contribution is 5.79. The van der Waals surface area contributed by atoms with Gasteiger partial charge < -0.3 is 4.74 Å². The molecule has 0 N–H and O–H groups in total. The number of hydrogen-bond acceptors (Lipinski definition) is 2. The first-order valence-corrected chi connectivity index (χ1v) is 12.8. The van der Waals surface area contributed by atoms with E-state index in [1.165, 1.54) is 55.2 Å². The van der Waals surface area contributed by atoms with Crippen molar-refractivity contribution in [2.24, 2.45) is 0 Å². The number of hydrogen-bond donors (Lipinski definition) is 0. The predicted octanol–water partition coefficient (Wildman–Crippen LogP) is 8.52. The van der Waals surface area contributed by atoms with Gasteiger partial charge in [-0.1, -0.05) is 102 Å². The SMILES string of the molecule is CCCCCCC(C)(C)c1ccc(C2CCCCCC(=O)C2)c(OCc2ccccc2)c1. The molecule has 3 rings (SSSR count). The van der Waals surface area contributed by atoms with Crippen LogP contribution in [0.5, 0.6) is 5.75 Å². The van der Waals surface area contributed by atoms with E-state index in [0.29, 0.717) is 18.8 Å². The molecule has 0 amide bonds. The van der Waals surface area contributed by atoms with Gasteiger partial charge in [-0.05, 0) is 53.4 Å². The summed E-state index contributed by atoms with van der Waals surface area (Å²) in [7, 11) is 0. The molecule has 1 unspecified atom stereocenters. The van der Waals surface area contributed by atoms with Crippen LogP contribution in [0, 0.1) is 0 Å². The van der Waals surface area contributed by atoms with Crippen molar-refractivity contribution in [3.8, 4) is 5.75 Å². The van der Waals surface area contributed by atoms with Gasteiger partial charge in [0.05, 0.1) is 0 Å². The molecule has 0 aliphatic heterocycles. The molecule has 174 valence electrons. The third-order valence-electron chi connectivity index (χ3n) is 7.11. The first-order chi connectivity index (χ1) is 15.5. The lowest BCUT2D eigenvalue weighted by Gasteiger charge is -2.28. The summed E-state index contributed by atoms with van der Waals surface area (Å²) in [6.45, 7) is 7.54. The van der Waals surface area contributed by atoms with Crippen LogP contribution in [0.4, 0.5) is 0 Å². The molecule has 1 fully saturated rings. The summed E-state index contributed by atoms with van der Waals surface area (Å²) < 4.78 is 6.45. The number of carbonyl (C=O) groups is 1. The van der Waals surface area contributed by atoms with E-state index in [0.717, 1.165) is 31.4 Å². The fraction of sp³-hybridized carbons (Fsp3) is 0.567. The van der Waals surface area contributed by atoms with Gasteiger partial charge in [-0.2, -0.15) is 0 Å². The third-order valence-corrected chi connectivity index (χ3v) is 7.11. The number of ether oxygens (including phenoxy) is 1. The molecular weight excluding hydrogens is 392 g/mol. The van der Waals surface area contributed by atoms with E-state index in [1.54, 1.807) is 0 Å². The van der Waals surface area contributed by atoms with Crippen LogP contribution in [-0.2, 0) is 16.8 Å². The van der Waals surface area contributed by atoms with E-state index in [1.807, 2.05) is 6.07 Å². The Morgan fingerprint density at radius 2 is 1.78 bits per heavy atom. The van der Waals surface area contributed by atoms with Gasteiger partial charge >= 0.3 is 0 Å². The molecule has 1 saturated carbocycles. The second-order valence-electron chi connectivity index (χ2n) is 10.3. The zero-order valence-corrected chi connectivity index (χ0v) is 20.5. The zero-order chi connectivity index (χ0) is 22.8. The molecule has 2 aromatic rings. The van der Waals surface area contributed by atoms with E-state index in [-0.39, 0.29) is 11.3 Å². The van der Waals surface area contributed by atoms with E-state index >= 15 is 0 Å². The fourth-order valence-electron chi connectivity index (χ4n) is 4.93. The Morgan fingerprint density at radius 1 is 0.969 bits per heavy atom. The average Bonchev–Trinajstić information content (AvgIpc) is 2.78. The van der Waals surface area contributed by atoms with Gasteiger partial charge in [-0.25, -0.2) is 0 Å². The average molecular weight is 435 g/mol. The number of benzene rings is 2. The topological polar surface area (TPSA) is 26.3 Å². The summed E-state index contributed by atoms with van der Waals surface area (Å²) in [4.78, 5) is 12.5. The number of ketones is 1. The molecule has 0 aromatic heterocycles. The number of carbonyl (C=O) groups excluding carboxylic acids is 1. The summed E-state index contributed by atoms with van der Waals surface area (Å²) in [5, 5.41) is 0. The van der Waals surface area contributed by atoms with Crippen LogP contribution in [0.2, 0.25) is 0 Å². The molecule has 2 aromatic carbocycles. The highest BCUT2D eigenvalue weighted by atomic mass is 16.5. The summed E-state index contributed by atoms with van der Waals surface area (Å²) in [5.41, 5.74) is 3.87. The van der Waals surface area contributed by atoms with Crippen LogP contribution >= 0.6 is 0 Å². The van der Waals surface area contributed by atoms with Crippen molar-refractivity contribution < 1.29 is 9.53 Å². The molecule has 0 radical (unpaired) electrons. The van der Waals surface area contributed by atoms with Crippen LogP contribution < -0.4 is 4.74 Å². The minimum Gasteiger partial charge on any atom is -0.489 e. The van der Waals surface area contributed by atoms with Crippen molar-refractivity contribution in [1.82, 2.24) is 0 Å². The molecule has 1 atom stereocenters. The van der Waals surface area contributed by atoms with Gasteiger partial charge in [0.1, 0.15) is 18.1 Å². The monoisotopic (exact) mass is 434 g/mol. The molecule has 1 aliphatic rings. The number of rotatable bonds is 10. The van der Waals surface area contributed by atoms with Crippen molar-refractivity contribution in [2.75, 3.05) is 0 Å². The van der Waals surface area contributed by atoms with Crippen LogP contribution in [0.1, 0.15) is 114 Å². The largest absolute Gasteiger partial charge is 0.489 e. The zero-order valence-electron chi connectivity index (χ0n) is 20.5. The Morgan fingerprint density at radius 3 is 2.56 bits per heavy atom. The van der Waals surface area contributed by atoms with Crippen molar-refractivity contribution in [1.29, 1.82) is 0 Å². The standard InChI is InChI=1S/C30H42O2/c1-4-5-6-13-20-30(2,3)26-18-19-28(25-16-11-8-12-17-27(31)21-25)29(22-26)32-23-24-14-9-7-10-15-24/h7,9-10,14-15,18-19,22,25H,4-6,8,11-13,16-17,20-21,23H2,1-3H3. The Hall–Kier alpha value is -2.09. The van der Waals surface area contributed by atoms with Crippen molar-refractivity contribution in [3.05, 3.63) is 65.2 Å². The van der Waals surface area contributed by atoms with E-state index in [9.17, 15) is 4.79 Å². The predicted molar refractivity (Wildman–Crippen MR) is 134 cm³/mol. The smallest absolute Gasteiger partial charge is 0.133 e. The molecule has 2 nitrogen and oxygen atoms in total. The van der Waals surface area contributed by atoms with E-state index in [4.69, 9.17) is 4.74 Å². The number of Topliss-reactive ketones (excluding diaryl/α,β-unsaturated/α-hetero) is 1. The lowest BCUT2D eigenvalue weighted by atomic mass is 9.78. The van der Waals surface area contributed by atoms with Crippen LogP contribution in [-0.4, -0.2) is 5.78 Å². The Labute approximate surface area is 195 Å². The maximum atomic E-state index is 12.5. The minimum absolute atomic E-state index is 0.119. The van der Waals surface area contributed by atoms with Gasteiger partial charge in [-0.3, -0.25) is 4.79 Å².